The normalized spacial score (nSPS) is 10.1. The monoisotopic (exact) mass is 271 g/mol. The molecule has 0 aliphatic carbocycles. The summed E-state index contributed by atoms with van der Waals surface area (Å²) >= 11 is 0. The molecular weight excluding hydrogens is 254 g/mol. The number of nitrogens with one attached hydrogen (secondary N) is 1. The number of ether oxygens (including phenoxy) is 2. The van der Waals surface area contributed by atoms with Gasteiger partial charge in [0.05, 0.1) is 30.9 Å². The molecule has 1 heterocycles. The van der Waals surface area contributed by atoms with Gasteiger partial charge in [0.1, 0.15) is 23.1 Å². The van der Waals surface area contributed by atoms with Gasteiger partial charge in [-0.15, -0.1) is 0 Å². The predicted molar refractivity (Wildman–Crippen MR) is 78.3 cm³/mol. The predicted octanol–water partition coefficient (Wildman–Crippen LogP) is 2.95. The van der Waals surface area contributed by atoms with E-state index in [1.54, 1.807) is 20.4 Å². The fourth-order valence-corrected chi connectivity index (χ4v) is 2.10. The molecule has 0 saturated heterocycles. The van der Waals surface area contributed by atoms with Gasteiger partial charge in [-0.3, -0.25) is 4.98 Å². The van der Waals surface area contributed by atoms with Gasteiger partial charge in [-0.05, 0) is 18.6 Å². The van der Waals surface area contributed by atoms with E-state index < -0.39 is 0 Å². The number of nitriles is 1. The van der Waals surface area contributed by atoms with Gasteiger partial charge in [0.25, 0.3) is 0 Å². The first-order valence-corrected chi connectivity index (χ1v) is 6.44. The molecule has 2 rings (SSSR count). The van der Waals surface area contributed by atoms with Crippen LogP contribution in [0, 0.1) is 11.3 Å². The van der Waals surface area contributed by atoms with E-state index in [1.807, 2.05) is 12.1 Å². The van der Waals surface area contributed by atoms with Crippen molar-refractivity contribution < 1.29 is 9.47 Å². The first-order valence-electron chi connectivity index (χ1n) is 6.44. The standard InChI is InChI=1S/C15H17N3O2/c1-4-7-17-14-10(8-16)9-18-15-12(20-3)6-5-11(19-2)13(14)15/h5-6,9H,4,7H2,1-3H3,(H,17,18). The van der Waals surface area contributed by atoms with Crippen LogP contribution in [0.2, 0.25) is 0 Å². The van der Waals surface area contributed by atoms with Gasteiger partial charge in [0.2, 0.25) is 0 Å². The largest absolute Gasteiger partial charge is 0.496 e. The van der Waals surface area contributed by atoms with E-state index in [1.165, 1.54) is 0 Å². The van der Waals surface area contributed by atoms with Crippen molar-refractivity contribution in [2.24, 2.45) is 0 Å². The SMILES string of the molecule is CCCNc1c(C#N)cnc2c(OC)ccc(OC)c12. The second-order valence-corrected chi connectivity index (χ2v) is 4.28. The van der Waals surface area contributed by atoms with Crippen LogP contribution in [0.1, 0.15) is 18.9 Å². The van der Waals surface area contributed by atoms with Crippen molar-refractivity contribution in [3.63, 3.8) is 0 Å². The van der Waals surface area contributed by atoms with E-state index in [-0.39, 0.29) is 0 Å². The Morgan fingerprint density at radius 2 is 1.95 bits per heavy atom. The van der Waals surface area contributed by atoms with Crippen molar-refractivity contribution >= 4 is 16.6 Å². The van der Waals surface area contributed by atoms with Crippen LogP contribution in [0.25, 0.3) is 10.9 Å². The molecule has 0 spiro atoms. The van der Waals surface area contributed by atoms with Crippen molar-refractivity contribution in [2.75, 3.05) is 26.1 Å². The zero-order chi connectivity index (χ0) is 14.5. The molecule has 5 nitrogen and oxygen atoms in total. The topological polar surface area (TPSA) is 67.2 Å². The number of anilines is 1. The minimum absolute atomic E-state index is 0.498. The number of rotatable bonds is 5. The summed E-state index contributed by atoms with van der Waals surface area (Å²) in [6.45, 7) is 2.84. The molecule has 1 aromatic heterocycles. The second-order valence-electron chi connectivity index (χ2n) is 4.28. The van der Waals surface area contributed by atoms with Crippen molar-refractivity contribution in [3.05, 3.63) is 23.9 Å². The Hall–Kier alpha value is -2.48. The third kappa shape index (κ3) is 2.32. The summed E-state index contributed by atoms with van der Waals surface area (Å²) in [7, 11) is 3.20. The lowest BCUT2D eigenvalue weighted by atomic mass is 10.1. The minimum Gasteiger partial charge on any atom is -0.496 e. The molecule has 2 aromatic rings. The summed E-state index contributed by atoms with van der Waals surface area (Å²) < 4.78 is 10.7. The van der Waals surface area contributed by atoms with E-state index in [9.17, 15) is 5.26 Å². The Kier molecular flexibility index (Phi) is 4.26. The van der Waals surface area contributed by atoms with E-state index in [4.69, 9.17) is 9.47 Å². The summed E-state index contributed by atoms with van der Waals surface area (Å²) in [5, 5.41) is 13.3. The molecule has 104 valence electrons. The molecule has 0 bridgehead atoms. The Morgan fingerprint density at radius 3 is 2.55 bits per heavy atom. The highest BCUT2D eigenvalue weighted by atomic mass is 16.5. The van der Waals surface area contributed by atoms with Gasteiger partial charge in [-0.1, -0.05) is 6.92 Å². The zero-order valence-corrected chi connectivity index (χ0v) is 11.9. The van der Waals surface area contributed by atoms with E-state index >= 15 is 0 Å². The molecule has 0 amide bonds. The first kappa shape index (κ1) is 13.9. The molecule has 5 heteroatoms. The fourth-order valence-electron chi connectivity index (χ4n) is 2.10. The maximum atomic E-state index is 9.27. The Balaban J connectivity index is 2.79. The number of nitrogens with zero attached hydrogens (tertiary/aromatic N) is 2. The van der Waals surface area contributed by atoms with Gasteiger partial charge in [-0.25, -0.2) is 0 Å². The lowest BCUT2D eigenvalue weighted by Gasteiger charge is -2.15. The van der Waals surface area contributed by atoms with Gasteiger partial charge in [0, 0.05) is 12.7 Å². The third-order valence-corrected chi connectivity index (χ3v) is 3.06. The Labute approximate surface area is 118 Å². The lowest BCUT2D eigenvalue weighted by molar-refractivity contribution is 0.410. The average molecular weight is 271 g/mol. The van der Waals surface area contributed by atoms with Crippen LogP contribution in [0.15, 0.2) is 18.3 Å². The van der Waals surface area contributed by atoms with Crippen LogP contribution in [0.4, 0.5) is 5.69 Å². The van der Waals surface area contributed by atoms with E-state index in [0.717, 1.165) is 24.0 Å². The molecule has 0 fully saturated rings. The number of methoxy groups -OCH3 is 2. The first-order chi connectivity index (χ1) is 9.76. The molecule has 0 aliphatic rings. The van der Waals surface area contributed by atoms with Crippen LogP contribution in [-0.4, -0.2) is 25.7 Å². The summed E-state index contributed by atoms with van der Waals surface area (Å²) in [4.78, 5) is 4.33. The number of hydrogen-bond acceptors (Lipinski definition) is 5. The second kappa shape index (κ2) is 6.11. The molecule has 0 unspecified atom stereocenters. The molecule has 20 heavy (non-hydrogen) atoms. The van der Waals surface area contributed by atoms with Gasteiger partial charge >= 0.3 is 0 Å². The molecular formula is C15H17N3O2. The van der Waals surface area contributed by atoms with Gasteiger partial charge in [-0.2, -0.15) is 5.26 Å². The molecule has 0 radical (unpaired) electrons. The average Bonchev–Trinajstić information content (AvgIpc) is 2.51. The molecule has 0 saturated carbocycles. The van der Waals surface area contributed by atoms with Crippen molar-refractivity contribution in [1.82, 2.24) is 4.98 Å². The fraction of sp³-hybridized carbons (Fsp3) is 0.333. The van der Waals surface area contributed by atoms with Crippen molar-refractivity contribution in [3.8, 4) is 17.6 Å². The summed E-state index contributed by atoms with van der Waals surface area (Å²) in [5.41, 5.74) is 1.93. The molecule has 0 aliphatic heterocycles. The van der Waals surface area contributed by atoms with E-state index in [2.05, 4.69) is 23.3 Å². The highest BCUT2D eigenvalue weighted by Crippen LogP contribution is 2.38. The Morgan fingerprint density at radius 1 is 1.25 bits per heavy atom. The van der Waals surface area contributed by atoms with E-state index in [0.29, 0.717) is 22.6 Å². The Bertz CT molecular complexity index is 662. The van der Waals surface area contributed by atoms with Crippen LogP contribution >= 0.6 is 0 Å². The summed E-state index contributed by atoms with van der Waals surface area (Å²) in [6, 6.07) is 5.79. The number of aromatic nitrogens is 1. The molecule has 0 atom stereocenters. The number of fused-ring (bicyclic) bond motifs is 1. The van der Waals surface area contributed by atoms with Gasteiger partial charge < -0.3 is 14.8 Å². The van der Waals surface area contributed by atoms with Crippen LogP contribution in [0.5, 0.6) is 11.5 Å². The highest BCUT2D eigenvalue weighted by Gasteiger charge is 2.16. The number of benzene rings is 1. The quantitative estimate of drug-likeness (QED) is 0.905. The highest BCUT2D eigenvalue weighted by molar-refractivity contribution is 6.01. The lowest BCUT2D eigenvalue weighted by Crippen LogP contribution is -2.04. The smallest absolute Gasteiger partial charge is 0.145 e. The summed E-state index contributed by atoms with van der Waals surface area (Å²) in [5.74, 6) is 1.33. The van der Waals surface area contributed by atoms with Crippen molar-refractivity contribution in [2.45, 2.75) is 13.3 Å². The zero-order valence-electron chi connectivity index (χ0n) is 11.9. The molecule has 1 aromatic carbocycles. The van der Waals surface area contributed by atoms with Crippen LogP contribution < -0.4 is 14.8 Å². The third-order valence-electron chi connectivity index (χ3n) is 3.06. The number of pyridine rings is 1. The summed E-state index contributed by atoms with van der Waals surface area (Å²) in [6.07, 6.45) is 2.52. The molecule has 1 N–H and O–H groups in total. The maximum absolute atomic E-state index is 9.27. The maximum Gasteiger partial charge on any atom is 0.145 e. The van der Waals surface area contributed by atoms with Crippen LogP contribution in [-0.2, 0) is 0 Å². The number of hydrogen-bond donors (Lipinski definition) is 1. The van der Waals surface area contributed by atoms with Crippen molar-refractivity contribution in [1.29, 1.82) is 5.26 Å². The van der Waals surface area contributed by atoms with Crippen LogP contribution in [0.3, 0.4) is 0 Å². The van der Waals surface area contributed by atoms with Gasteiger partial charge in [0.15, 0.2) is 0 Å². The minimum atomic E-state index is 0.498.